The molecule has 1 amide bonds. The van der Waals surface area contributed by atoms with Crippen molar-refractivity contribution in [2.45, 2.75) is 32.2 Å². The van der Waals surface area contributed by atoms with E-state index in [9.17, 15) is 4.79 Å². The first-order valence-corrected chi connectivity index (χ1v) is 6.86. The first-order valence-electron chi connectivity index (χ1n) is 6.86. The summed E-state index contributed by atoms with van der Waals surface area (Å²) in [5, 5.41) is 9.60. The molecule has 4 heteroatoms. The Morgan fingerprint density at radius 2 is 2.00 bits per heavy atom. The van der Waals surface area contributed by atoms with E-state index >= 15 is 0 Å². The number of piperidine rings is 1. The van der Waals surface area contributed by atoms with E-state index in [-0.39, 0.29) is 5.91 Å². The molecule has 1 fully saturated rings. The van der Waals surface area contributed by atoms with Gasteiger partial charge >= 0.3 is 0 Å². The number of carbonyl (C=O) groups excluding carboxylic acids is 1. The van der Waals surface area contributed by atoms with Crippen molar-refractivity contribution in [3.05, 3.63) is 29.3 Å². The zero-order chi connectivity index (χ0) is 13.9. The van der Waals surface area contributed by atoms with Crippen molar-refractivity contribution < 1.29 is 4.79 Å². The average Bonchev–Trinajstić information content (AvgIpc) is 2.43. The molecule has 104 valence electrons. The van der Waals surface area contributed by atoms with Crippen LogP contribution in [0, 0.1) is 13.8 Å². The molecule has 4 nitrogen and oxygen atoms in total. The number of likely N-dealkylation sites (N-methyl/N-ethyl adjacent to an activating group) is 1. The van der Waals surface area contributed by atoms with Crippen molar-refractivity contribution in [3.8, 4) is 0 Å². The van der Waals surface area contributed by atoms with Gasteiger partial charge in [0.1, 0.15) is 5.54 Å². The summed E-state index contributed by atoms with van der Waals surface area (Å²) in [6.45, 7) is 5.71. The number of amides is 1. The molecule has 1 aromatic rings. The molecule has 0 aromatic heterocycles. The Hall–Kier alpha value is -1.39. The Bertz CT molecular complexity index is 444. The number of anilines is 1. The molecular formula is C15H23N3O. The predicted octanol–water partition coefficient (Wildman–Crippen LogP) is 1.58. The van der Waals surface area contributed by atoms with Gasteiger partial charge in [-0.25, -0.2) is 0 Å². The molecule has 19 heavy (non-hydrogen) atoms. The van der Waals surface area contributed by atoms with Gasteiger partial charge in [0.2, 0.25) is 5.91 Å². The fraction of sp³-hybridized carbons (Fsp3) is 0.533. The quantitative estimate of drug-likeness (QED) is 0.774. The highest BCUT2D eigenvalue weighted by Crippen LogP contribution is 2.23. The van der Waals surface area contributed by atoms with Crippen LogP contribution in [0.5, 0.6) is 0 Å². The minimum absolute atomic E-state index is 0.0552. The SMILES string of the molecule is CNC1(C(=O)Nc2c(C)cccc2C)CCCNC1. The van der Waals surface area contributed by atoms with Crippen molar-refractivity contribution in [2.24, 2.45) is 0 Å². The standard InChI is InChI=1S/C15H23N3O/c1-11-6-4-7-12(2)13(11)18-14(19)15(16-3)8-5-9-17-10-15/h4,6-7,16-17H,5,8-10H2,1-3H3,(H,18,19). The van der Waals surface area contributed by atoms with Crippen molar-refractivity contribution >= 4 is 11.6 Å². The number of hydrogen-bond acceptors (Lipinski definition) is 3. The van der Waals surface area contributed by atoms with Gasteiger partial charge in [0.25, 0.3) is 0 Å². The summed E-state index contributed by atoms with van der Waals surface area (Å²) in [5.74, 6) is 0.0552. The molecule has 1 aliphatic rings. The third-order valence-electron chi connectivity index (χ3n) is 4.02. The molecule has 0 aliphatic carbocycles. The lowest BCUT2D eigenvalue weighted by molar-refractivity contribution is -0.122. The number of aryl methyl sites for hydroxylation is 2. The molecule has 0 bridgehead atoms. The van der Waals surface area contributed by atoms with Gasteiger partial charge in [-0.05, 0) is 51.4 Å². The zero-order valence-corrected chi connectivity index (χ0v) is 12.0. The fourth-order valence-corrected chi connectivity index (χ4v) is 2.67. The first-order chi connectivity index (χ1) is 9.09. The second-order valence-electron chi connectivity index (χ2n) is 5.33. The summed E-state index contributed by atoms with van der Waals surface area (Å²) < 4.78 is 0. The largest absolute Gasteiger partial charge is 0.324 e. The monoisotopic (exact) mass is 261 g/mol. The summed E-state index contributed by atoms with van der Waals surface area (Å²) in [7, 11) is 1.86. The number of carbonyl (C=O) groups is 1. The van der Waals surface area contributed by atoms with E-state index in [1.54, 1.807) is 0 Å². The van der Waals surface area contributed by atoms with E-state index in [0.717, 1.165) is 36.2 Å². The average molecular weight is 261 g/mol. The summed E-state index contributed by atoms with van der Waals surface area (Å²) in [6.07, 6.45) is 1.88. The Morgan fingerprint density at radius 3 is 2.53 bits per heavy atom. The van der Waals surface area contributed by atoms with Crippen molar-refractivity contribution in [2.75, 3.05) is 25.5 Å². The second kappa shape index (κ2) is 5.72. The highest BCUT2D eigenvalue weighted by Gasteiger charge is 2.38. The number of rotatable bonds is 3. The molecule has 3 N–H and O–H groups in total. The normalized spacial score (nSPS) is 23.1. The first kappa shape index (κ1) is 14.0. The molecule has 1 aliphatic heterocycles. The predicted molar refractivity (Wildman–Crippen MR) is 78.4 cm³/mol. The van der Waals surface area contributed by atoms with Crippen molar-refractivity contribution in [1.29, 1.82) is 0 Å². The van der Waals surface area contributed by atoms with Crippen LogP contribution in [0.15, 0.2) is 18.2 Å². The highest BCUT2D eigenvalue weighted by atomic mass is 16.2. The summed E-state index contributed by atoms with van der Waals surface area (Å²) >= 11 is 0. The number of nitrogens with one attached hydrogen (secondary N) is 3. The van der Waals surface area contributed by atoms with Crippen LogP contribution in [0.2, 0.25) is 0 Å². The van der Waals surface area contributed by atoms with E-state index in [2.05, 4.69) is 16.0 Å². The summed E-state index contributed by atoms with van der Waals surface area (Å²) in [6, 6.07) is 6.05. The van der Waals surface area contributed by atoms with Crippen LogP contribution >= 0.6 is 0 Å². The maximum atomic E-state index is 12.6. The third kappa shape index (κ3) is 2.80. The molecule has 0 radical (unpaired) electrons. The Kier molecular flexibility index (Phi) is 4.22. The van der Waals surface area contributed by atoms with E-state index in [1.165, 1.54) is 0 Å². The van der Waals surface area contributed by atoms with Crippen LogP contribution in [0.25, 0.3) is 0 Å². The molecule has 0 spiro atoms. The Labute approximate surface area is 115 Å². The van der Waals surface area contributed by atoms with E-state index < -0.39 is 5.54 Å². The van der Waals surface area contributed by atoms with Crippen LogP contribution in [-0.2, 0) is 4.79 Å². The molecule has 2 rings (SSSR count). The van der Waals surface area contributed by atoms with Gasteiger partial charge in [-0.3, -0.25) is 4.79 Å². The lowest BCUT2D eigenvalue weighted by Gasteiger charge is -2.36. The molecule has 1 saturated heterocycles. The highest BCUT2D eigenvalue weighted by molar-refractivity contribution is 5.99. The van der Waals surface area contributed by atoms with Crippen LogP contribution in [0.1, 0.15) is 24.0 Å². The van der Waals surface area contributed by atoms with Gasteiger partial charge in [-0.2, -0.15) is 0 Å². The van der Waals surface area contributed by atoms with Gasteiger partial charge < -0.3 is 16.0 Å². The molecular weight excluding hydrogens is 238 g/mol. The van der Waals surface area contributed by atoms with Gasteiger partial charge in [-0.1, -0.05) is 18.2 Å². The molecule has 1 heterocycles. The summed E-state index contributed by atoms with van der Waals surface area (Å²) in [4.78, 5) is 12.6. The Morgan fingerprint density at radius 1 is 1.32 bits per heavy atom. The van der Waals surface area contributed by atoms with Crippen LogP contribution < -0.4 is 16.0 Å². The van der Waals surface area contributed by atoms with Gasteiger partial charge in [0.15, 0.2) is 0 Å². The van der Waals surface area contributed by atoms with E-state index in [0.29, 0.717) is 6.54 Å². The zero-order valence-electron chi connectivity index (χ0n) is 12.0. The smallest absolute Gasteiger partial charge is 0.246 e. The van der Waals surface area contributed by atoms with E-state index in [1.807, 2.05) is 39.1 Å². The molecule has 0 saturated carbocycles. The lowest BCUT2D eigenvalue weighted by atomic mass is 9.89. The second-order valence-corrected chi connectivity index (χ2v) is 5.33. The maximum Gasteiger partial charge on any atom is 0.246 e. The molecule has 1 unspecified atom stereocenters. The van der Waals surface area contributed by atoms with Crippen LogP contribution in [-0.4, -0.2) is 31.6 Å². The topological polar surface area (TPSA) is 53.2 Å². The summed E-state index contributed by atoms with van der Waals surface area (Å²) in [5.41, 5.74) is 2.65. The lowest BCUT2D eigenvalue weighted by Crippen LogP contribution is -2.61. The number of para-hydroxylation sites is 1. The minimum atomic E-state index is -0.493. The van der Waals surface area contributed by atoms with Crippen molar-refractivity contribution in [3.63, 3.8) is 0 Å². The fourth-order valence-electron chi connectivity index (χ4n) is 2.67. The van der Waals surface area contributed by atoms with Crippen LogP contribution in [0.4, 0.5) is 5.69 Å². The van der Waals surface area contributed by atoms with Gasteiger partial charge in [0, 0.05) is 12.2 Å². The molecule has 1 aromatic carbocycles. The van der Waals surface area contributed by atoms with E-state index in [4.69, 9.17) is 0 Å². The van der Waals surface area contributed by atoms with Crippen LogP contribution in [0.3, 0.4) is 0 Å². The minimum Gasteiger partial charge on any atom is -0.324 e. The van der Waals surface area contributed by atoms with Gasteiger partial charge in [0.05, 0.1) is 0 Å². The maximum absolute atomic E-state index is 12.6. The third-order valence-corrected chi connectivity index (χ3v) is 4.02. The Balaban J connectivity index is 2.20. The van der Waals surface area contributed by atoms with Gasteiger partial charge in [-0.15, -0.1) is 0 Å². The number of hydrogen-bond donors (Lipinski definition) is 3. The van der Waals surface area contributed by atoms with Crippen molar-refractivity contribution in [1.82, 2.24) is 10.6 Å². The number of benzene rings is 1. The molecule has 1 atom stereocenters.